The molecule has 0 bridgehead atoms. The molecule has 0 aliphatic heterocycles. The van der Waals surface area contributed by atoms with E-state index in [1.807, 2.05) is 24.3 Å². The van der Waals surface area contributed by atoms with Gasteiger partial charge in [0, 0.05) is 11.5 Å². The first-order chi connectivity index (χ1) is 7.86. The summed E-state index contributed by atoms with van der Waals surface area (Å²) in [7, 11) is 0. The summed E-state index contributed by atoms with van der Waals surface area (Å²) in [6, 6.07) is 10.8. The van der Waals surface area contributed by atoms with E-state index in [9.17, 15) is 4.79 Å². The van der Waals surface area contributed by atoms with Crippen LogP contribution in [0.15, 0.2) is 47.5 Å². The SMILES string of the molecule is O=c1ccc2ccccc2n1-n1ncnn1. The van der Waals surface area contributed by atoms with E-state index in [0.717, 1.165) is 10.9 Å². The summed E-state index contributed by atoms with van der Waals surface area (Å²) in [5.74, 6) is 0. The second kappa shape index (κ2) is 3.27. The topological polar surface area (TPSA) is 65.6 Å². The number of hydrogen-bond donors (Lipinski definition) is 0. The number of tetrazole rings is 1. The van der Waals surface area contributed by atoms with E-state index in [-0.39, 0.29) is 5.56 Å². The standard InChI is InChI=1S/C10H7N5O/c16-10-6-5-8-3-1-2-4-9(8)14(10)15-12-7-11-13-15/h1-7H. The van der Waals surface area contributed by atoms with Crippen molar-refractivity contribution in [3.05, 3.63) is 53.1 Å². The van der Waals surface area contributed by atoms with Crippen LogP contribution in [0.2, 0.25) is 0 Å². The second-order valence-electron chi connectivity index (χ2n) is 3.25. The van der Waals surface area contributed by atoms with Crippen molar-refractivity contribution in [1.82, 2.24) is 25.0 Å². The maximum absolute atomic E-state index is 11.8. The quantitative estimate of drug-likeness (QED) is 0.583. The fourth-order valence-electron chi connectivity index (χ4n) is 1.61. The Labute approximate surface area is 89.7 Å². The molecule has 0 unspecified atom stereocenters. The largest absolute Gasteiger partial charge is 0.272 e. The monoisotopic (exact) mass is 213 g/mol. The number of aromatic nitrogens is 5. The molecule has 3 rings (SSSR count). The van der Waals surface area contributed by atoms with Gasteiger partial charge >= 0.3 is 0 Å². The minimum atomic E-state index is -0.197. The minimum Gasteiger partial charge on any atom is -0.267 e. The molecule has 0 N–H and O–H groups in total. The molecule has 0 amide bonds. The number of fused-ring (bicyclic) bond motifs is 1. The van der Waals surface area contributed by atoms with Crippen molar-refractivity contribution in [3.8, 4) is 0 Å². The van der Waals surface area contributed by atoms with Gasteiger partial charge in [-0.25, -0.2) is 0 Å². The van der Waals surface area contributed by atoms with Crippen LogP contribution in [-0.4, -0.2) is 25.0 Å². The lowest BCUT2D eigenvalue weighted by molar-refractivity contribution is 0.483. The van der Waals surface area contributed by atoms with E-state index >= 15 is 0 Å². The first-order valence-corrected chi connectivity index (χ1v) is 4.71. The average molecular weight is 213 g/mol. The number of pyridine rings is 1. The number of rotatable bonds is 1. The Morgan fingerprint density at radius 2 is 1.94 bits per heavy atom. The molecule has 6 heteroatoms. The number of hydrogen-bond acceptors (Lipinski definition) is 4. The Bertz CT molecular complexity index is 686. The summed E-state index contributed by atoms with van der Waals surface area (Å²) < 4.78 is 1.36. The van der Waals surface area contributed by atoms with E-state index in [2.05, 4.69) is 15.4 Å². The van der Waals surface area contributed by atoms with E-state index in [4.69, 9.17) is 0 Å². The molecule has 0 spiro atoms. The van der Waals surface area contributed by atoms with Crippen LogP contribution < -0.4 is 5.56 Å². The maximum Gasteiger partial charge on any atom is 0.272 e. The van der Waals surface area contributed by atoms with Crippen molar-refractivity contribution in [1.29, 1.82) is 0 Å². The van der Waals surface area contributed by atoms with Gasteiger partial charge in [0.2, 0.25) is 0 Å². The van der Waals surface area contributed by atoms with Gasteiger partial charge < -0.3 is 0 Å². The second-order valence-corrected chi connectivity index (χ2v) is 3.25. The van der Waals surface area contributed by atoms with Gasteiger partial charge in [0.1, 0.15) is 0 Å². The molecule has 3 aromatic rings. The predicted octanol–water partition coefficient (Wildman–Crippen LogP) is 0.299. The molecule has 0 radical (unpaired) electrons. The Hall–Kier alpha value is -2.50. The zero-order valence-electron chi connectivity index (χ0n) is 8.19. The normalized spacial score (nSPS) is 10.8. The lowest BCUT2D eigenvalue weighted by atomic mass is 10.2. The van der Waals surface area contributed by atoms with E-state index in [1.165, 1.54) is 22.0 Å². The molecule has 0 fully saturated rings. The Balaban J connectivity index is 2.47. The van der Waals surface area contributed by atoms with Crippen LogP contribution in [0, 0.1) is 0 Å². The molecule has 0 atom stereocenters. The summed E-state index contributed by atoms with van der Waals surface area (Å²) in [5, 5.41) is 12.1. The van der Waals surface area contributed by atoms with Gasteiger partial charge in [0.15, 0.2) is 6.33 Å². The summed E-state index contributed by atoms with van der Waals surface area (Å²) in [4.78, 5) is 12.9. The summed E-state index contributed by atoms with van der Waals surface area (Å²) in [5.41, 5.74) is 0.546. The molecule has 0 aliphatic rings. The molecule has 6 nitrogen and oxygen atoms in total. The van der Waals surface area contributed by atoms with Crippen molar-refractivity contribution in [2.24, 2.45) is 0 Å². The summed E-state index contributed by atoms with van der Waals surface area (Å²) in [6.45, 7) is 0. The lowest BCUT2D eigenvalue weighted by Crippen LogP contribution is -2.27. The Kier molecular flexibility index (Phi) is 1.79. The fraction of sp³-hybridized carbons (Fsp3) is 0. The highest BCUT2D eigenvalue weighted by molar-refractivity contribution is 5.78. The molecule has 0 saturated carbocycles. The molecule has 1 aromatic carbocycles. The van der Waals surface area contributed by atoms with Crippen LogP contribution >= 0.6 is 0 Å². The van der Waals surface area contributed by atoms with Crippen molar-refractivity contribution in [2.75, 3.05) is 0 Å². The van der Waals surface area contributed by atoms with Crippen molar-refractivity contribution >= 4 is 10.9 Å². The van der Waals surface area contributed by atoms with Crippen LogP contribution in [0.3, 0.4) is 0 Å². The van der Waals surface area contributed by atoms with Gasteiger partial charge in [-0.15, -0.1) is 10.2 Å². The first kappa shape index (κ1) is 8.78. The Morgan fingerprint density at radius 1 is 1.06 bits per heavy atom. The van der Waals surface area contributed by atoms with Gasteiger partial charge in [-0.2, -0.15) is 4.68 Å². The summed E-state index contributed by atoms with van der Waals surface area (Å²) in [6.07, 6.45) is 1.29. The third kappa shape index (κ3) is 1.20. The summed E-state index contributed by atoms with van der Waals surface area (Å²) >= 11 is 0. The Morgan fingerprint density at radius 3 is 2.75 bits per heavy atom. The average Bonchev–Trinajstić information content (AvgIpc) is 2.82. The van der Waals surface area contributed by atoms with E-state index in [0.29, 0.717) is 0 Å². The smallest absolute Gasteiger partial charge is 0.267 e. The highest BCUT2D eigenvalue weighted by Crippen LogP contribution is 2.09. The van der Waals surface area contributed by atoms with Gasteiger partial charge in [-0.1, -0.05) is 23.1 Å². The first-order valence-electron chi connectivity index (χ1n) is 4.71. The maximum atomic E-state index is 11.8. The van der Waals surface area contributed by atoms with Crippen LogP contribution in [0.4, 0.5) is 0 Å². The molecule has 2 heterocycles. The van der Waals surface area contributed by atoms with E-state index < -0.39 is 0 Å². The number of para-hydroxylation sites is 1. The lowest BCUT2D eigenvalue weighted by Gasteiger charge is -2.06. The van der Waals surface area contributed by atoms with Crippen LogP contribution in [0.1, 0.15) is 0 Å². The van der Waals surface area contributed by atoms with Gasteiger partial charge in [-0.05, 0) is 17.3 Å². The van der Waals surface area contributed by atoms with Crippen LogP contribution in [0.25, 0.3) is 10.9 Å². The number of nitrogens with zero attached hydrogens (tertiary/aromatic N) is 5. The van der Waals surface area contributed by atoms with Crippen molar-refractivity contribution in [3.63, 3.8) is 0 Å². The van der Waals surface area contributed by atoms with Crippen LogP contribution in [0.5, 0.6) is 0 Å². The van der Waals surface area contributed by atoms with Crippen molar-refractivity contribution < 1.29 is 0 Å². The van der Waals surface area contributed by atoms with Crippen molar-refractivity contribution in [2.45, 2.75) is 0 Å². The zero-order valence-corrected chi connectivity index (χ0v) is 8.19. The van der Waals surface area contributed by atoms with Crippen LogP contribution in [-0.2, 0) is 0 Å². The van der Waals surface area contributed by atoms with Gasteiger partial charge in [-0.3, -0.25) is 4.79 Å². The highest BCUT2D eigenvalue weighted by Gasteiger charge is 2.04. The fourth-order valence-corrected chi connectivity index (χ4v) is 1.61. The minimum absolute atomic E-state index is 0.197. The molecule has 16 heavy (non-hydrogen) atoms. The predicted molar refractivity (Wildman–Crippen MR) is 56.8 cm³/mol. The van der Waals surface area contributed by atoms with Gasteiger partial charge in [0.25, 0.3) is 5.56 Å². The third-order valence-corrected chi connectivity index (χ3v) is 2.30. The molecule has 0 saturated heterocycles. The zero-order chi connectivity index (χ0) is 11.0. The molecular weight excluding hydrogens is 206 g/mol. The van der Waals surface area contributed by atoms with Gasteiger partial charge in [0.05, 0.1) is 5.52 Å². The molecule has 0 aliphatic carbocycles. The molecular formula is C10H7N5O. The highest BCUT2D eigenvalue weighted by atomic mass is 16.1. The third-order valence-electron chi connectivity index (χ3n) is 2.30. The molecule has 78 valence electrons. The van der Waals surface area contributed by atoms with E-state index in [1.54, 1.807) is 6.07 Å². The number of benzene rings is 1. The molecule has 2 aromatic heterocycles.